The zero-order chi connectivity index (χ0) is 21.1. The molecule has 2 heterocycles. The van der Waals surface area contributed by atoms with Gasteiger partial charge in [-0.1, -0.05) is 32.8 Å². The lowest BCUT2D eigenvalue weighted by Gasteiger charge is -2.26. The van der Waals surface area contributed by atoms with Gasteiger partial charge < -0.3 is 9.47 Å². The third-order valence-electron chi connectivity index (χ3n) is 6.09. The molecule has 0 aliphatic heterocycles. The van der Waals surface area contributed by atoms with Crippen molar-refractivity contribution in [1.29, 1.82) is 0 Å². The Balaban J connectivity index is 2.11. The van der Waals surface area contributed by atoms with E-state index in [9.17, 15) is 0 Å². The number of aromatic nitrogens is 3. The number of rotatable bonds is 7. The average Bonchev–Trinajstić information content (AvgIpc) is 2.86. The van der Waals surface area contributed by atoms with E-state index in [2.05, 4.69) is 70.2 Å². The lowest BCUT2D eigenvalue weighted by molar-refractivity contribution is 0.703. The summed E-state index contributed by atoms with van der Waals surface area (Å²) in [6.45, 7) is 15.3. The second kappa shape index (κ2) is 9.15. The molecular weight excluding hydrogens is 356 g/mol. The van der Waals surface area contributed by atoms with E-state index in [1.807, 2.05) is 0 Å². The van der Waals surface area contributed by atoms with E-state index in [-0.39, 0.29) is 0 Å². The van der Waals surface area contributed by atoms with Crippen LogP contribution in [-0.4, -0.2) is 27.6 Å². The predicted molar refractivity (Wildman–Crippen MR) is 125 cm³/mol. The van der Waals surface area contributed by atoms with Gasteiger partial charge in [-0.25, -0.2) is 9.97 Å². The first kappa shape index (κ1) is 21.6. The van der Waals surface area contributed by atoms with E-state index in [1.165, 1.54) is 48.2 Å². The van der Waals surface area contributed by atoms with Crippen molar-refractivity contribution in [3.05, 3.63) is 34.3 Å². The summed E-state index contributed by atoms with van der Waals surface area (Å²) in [4.78, 5) is 12.7. The maximum absolute atomic E-state index is 5.22. The van der Waals surface area contributed by atoms with Crippen molar-refractivity contribution in [2.45, 2.75) is 79.6 Å². The largest absolute Gasteiger partial charge is 0.355 e. The SMILES string of the molecule is CCCCN(CC)c1nc(C)c(-c2cc3c(n2C)C=C(C)CCC3)nc1C(C)C. The Morgan fingerprint density at radius 1 is 1.14 bits per heavy atom. The molecule has 0 fully saturated rings. The van der Waals surface area contributed by atoms with Crippen LogP contribution in [0, 0.1) is 6.92 Å². The molecule has 3 rings (SSSR count). The lowest BCUT2D eigenvalue weighted by atomic mass is 10.1. The number of hydrogen-bond acceptors (Lipinski definition) is 3. The number of allylic oxidation sites excluding steroid dienone is 1. The van der Waals surface area contributed by atoms with Gasteiger partial charge in [0.15, 0.2) is 5.82 Å². The van der Waals surface area contributed by atoms with Crippen LogP contribution in [-0.2, 0) is 13.5 Å². The quantitative estimate of drug-likeness (QED) is 0.554. The summed E-state index contributed by atoms with van der Waals surface area (Å²) in [7, 11) is 2.17. The number of unbranched alkanes of at least 4 members (excludes halogenated alkanes) is 1. The molecule has 1 aliphatic carbocycles. The second-order valence-corrected chi connectivity index (χ2v) is 8.80. The minimum Gasteiger partial charge on any atom is -0.355 e. The molecule has 0 N–H and O–H groups in total. The van der Waals surface area contributed by atoms with E-state index in [0.717, 1.165) is 42.4 Å². The predicted octanol–water partition coefficient (Wildman–Crippen LogP) is 6.28. The number of nitrogens with zero attached hydrogens (tertiary/aromatic N) is 4. The first-order valence-corrected chi connectivity index (χ1v) is 11.4. The maximum Gasteiger partial charge on any atom is 0.150 e. The van der Waals surface area contributed by atoms with Crippen LogP contribution < -0.4 is 4.90 Å². The first-order valence-electron chi connectivity index (χ1n) is 11.4. The van der Waals surface area contributed by atoms with Crippen LogP contribution in [0.4, 0.5) is 5.82 Å². The van der Waals surface area contributed by atoms with Crippen LogP contribution in [0.5, 0.6) is 0 Å². The van der Waals surface area contributed by atoms with Gasteiger partial charge in [-0.3, -0.25) is 0 Å². The van der Waals surface area contributed by atoms with Gasteiger partial charge in [-0.2, -0.15) is 0 Å². The summed E-state index contributed by atoms with van der Waals surface area (Å²) < 4.78 is 2.32. The summed E-state index contributed by atoms with van der Waals surface area (Å²) in [5, 5.41) is 0. The third-order valence-corrected chi connectivity index (χ3v) is 6.09. The van der Waals surface area contributed by atoms with E-state index < -0.39 is 0 Å². The number of aryl methyl sites for hydroxylation is 2. The van der Waals surface area contributed by atoms with Crippen molar-refractivity contribution in [2.24, 2.45) is 7.05 Å². The van der Waals surface area contributed by atoms with Crippen molar-refractivity contribution < 1.29 is 0 Å². The fraction of sp³-hybridized carbons (Fsp3) is 0.600. The highest BCUT2D eigenvalue weighted by molar-refractivity contribution is 5.68. The zero-order valence-electron chi connectivity index (χ0n) is 19.5. The topological polar surface area (TPSA) is 34.0 Å². The number of anilines is 1. The monoisotopic (exact) mass is 394 g/mol. The molecule has 4 heteroatoms. The maximum atomic E-state index is 5.22. The molecule has 0 saturated heterocycles. The van der Waals surface area contributed by atoms with Crippen LogP contribution >= 0.6 is 0 Å². The highest BCUT2D eigenvalue weighted by atomic mass is 15.2. The highest BCUT2D eigenvalue weighted by Gasteiger charge is 2.22. The van der Waals surface area contributed by atoms with Crippen LogP contribution in [0.3, 0.4) is 0 Å². The standard InChI is InChI=1S/C25H38N4/c1-8-10-14-29(9-2)25-23(17(3)4)27-24(19(6)26-25)22-16-20-13-11-12-18(5)15-21(20)28(22)7/h15-17H,8-14H2,1-7H3. The van der Waals surface area contributed by atoms with Gasteiger partial charge in [0.25, 0.3) is 0 Å². The van der Waals surface area contributed by atoms with E-state index >= 15 is 0 Å². The molecule has 2 aromatic heterocycles. The molecule has 2 aromatic rings. The van der Waals surface area contributed by atoms with Gasteiger partial charge >= 0.3 is 0 Å². The number of hydrogen-bond donors (Lipinski definition) is 0. The smallest absolute Gasteiger partial charge is 0.150 e. The molecule has 1 aliphatic rings. The van der Waals surface area contributed by atoms with Crippen LogP contribution in [0.25, 0.3) is 17.5 Å². The summed E-state index contributed by atoms with van der Waals surface area (Å²) in [6, 6.07) is 2.35. The zero-order valence-corrected chi connectivity index (χ0v) is 19.5. The van der Waals surface area contributed by atoms with Gasteiger partial charge in [-0.05, 0) is 70.1 Å². The van der Waals surface area contributed by atoms with Crippen LogP contribution in [0.1, 0.15) is 88.9 Å². The molecule has 0 aromatic carbocycles. The summed E-state index contributed by atoms with van der Waals surface area (Å²) in [5.41, 5.74) is 8.61. The van der Waals surface area contributed by atoms with E-state index in [4.69, 9.17) is 9.97 Å². The van der Waals surface area contributed by atoms with Crippen molar-refractivity contribution in [1.82, 2.24) is 14.5 Å². The average molecular weight is 395 g/mol. The van der Waals surface area contributed by atoms with Crippen molar-refractivity contribution in [3.63, 3.8) is 0 Å². The fourth-order valence-electron chi connectivity index (χ4n) is 4.31. The summed E-state index contributed by atoms with van der Waals surface area (Å²) in [5.74, 6) is 1.41. The minimum atomic E-state index is 0.341. The van der Waals surface area contributed by atoms with Gasteiger partial charge in [-0.15, -0.1) is 0 Å². The highest BCUT2D eigenvalue weighted by Crippen LogP contribution is 2.34. The molecule has 4 nitrogen and oxygen atoms in total. The molecule has 0 saturated carbocycles. The Morgan fingerprint density at radius 2 is 1.90 bits per heavy atom. The molecule has 0 amide bonds. The first-order chi connectivity index (χ1) is 13.9. The molecule has 0 unspecified atom stereocenters. The normalized spacial score (nSPS) is 14.0. The number of fused-ring (bicyclic) bond motifs is 1. The Hall–Kier alpha value is -2.10. The molecule has 0 atom stereocenters. The van der Waals surface area contributed by atoms with Crippen molar-refractivity contribution >= 4 is 11.9 Å². The molecule has 0 bridgehead atoms. The summed E-state index contributed by atoms with van der Waals surface area (Å²) >= 11 is 0. The Labute approximate surface area is 177 Å². The van der Waals surface area contributed by atoms with Gasteiger partial charge in [0, 0.05) is 25.8 Å². The van der Waals surface area contributed by atoms with E-state index in [0.29, 0.717) is 5.92 Å². The molecule has 158 valence electrons. The van der Waals surface area contributed by atoms with Crippen molar-refractivity contribution in [2.75, 3.05) is 18.0 Å². The molecule has 0 radical (unpaired) electrons. The van der Waals surface area contributed by atoms with Crippen LogP contribution in [0.15, 0.2) is 11.6 Å². The van der Waals surface area contributed by atoms with E-state index in [1.54, 1.807) is 0 Å². The van der Waals surface area contributed by atoms with Gasteiger partial charge in [0.05, 0.1) is 17.1 Å². The Bertz CT molecular complexity index is 889. The fourth-order valence-corrected chi connectivity index (χ4v) is 4.31. The molecule has 0 spiro atoms. The van der Waals surface area contributed by atoms with Gasteiger partial charge in [0.1, 0.15) is 5.69 Å². The van der Waals surface area contributed by atoms with Crippen molar-refractivity contribution in [3.8, 4) is 11.4 Å². The molecule has 29 heavy (non-hydrogen) atoms. The minimum absolute atomic E-state index is 0.341. The Morgan fingerprint density at radius 3 is 2.55 bits per heavy atom. The Kier molecular flexibility index (Phi) is 6.81. The van der Waals surface area contributed by atoms with Gasteiger partial charge in [0.2, 0.25) is 0 Å². The summed E-state index contributed by atoms with van der Waals surface area (Å²) in [6.07, 6.45) is 8.29. The van der Waals surface area contributed by atoms with Crippen LogP contribution in [0.2, 0.25) is 0 Å². The third kappa shape index (κ3) is 4.41. The lowest BCUT2D eigenvalue weighted by Crippen LogP contribution is -2.27. The second-order valence-electron chi connectivity index (χ2n) is 8.80. The molecular formula is C25H38N4.